The zero-order valence-electron chi connectivity index (χ0n) is 11.2. The van der Waals surface area contributed by atoms with Gasteiger partial charge in [0.1, 0.15) is 0 Å². The molecule has 4 N–H and O–H groups in total. The molecule has 1 unspecified atom stereocenters. The molecule has 108 valence electrons. The Morgan fingerprint density at radius 2 is 1.84 bits per heavy atom. The van der Waals surface area contributed by atoms with Crippen molar-refractivity contribution in [2.45, 2.75) is 17.9 Å². The van der Waals surface area contributed by atoms with Crippen molar-refractivity contribution < 1.29 is 13.5 Å². The van der Waals surface area contributed by atoms with E-state index in [1.807, 2.05) is 0 Å². The van der Waals surface area contributed by atoms with Gasteiger partial charge >= 0.3 is 0 Å². The summed E-state index contributed by atoms with van der Waals surface area (Å²) in [6, 6.07) is 6.55. The SMILES string of the molecule is CNS(=O)(=O)c1ccc(NCCNCC(C)O)cc1. The van der Waals surface area contributed by atoms with E-state index in [0.717, 1.165) is 12.2 Å². The number of rotatable bonds is 8. The van der Waals surface area contributed by atoms with Crippen LogP contribution in [0.3, 0.4) is 0 Å². The molecule has 0 aliphatic heterocycles. The predicted molar refractivity (Wildman–Crippen MR) is 75.7 cm³/mol. The Kier molecular flexibility index (Phi) is 6.23. The Balaban J connectivity index is 2.41. The minimum Gasteiger partial charge on any atom is -0.392 e. The fourth-order valence-corrected chi connectivity index (χ4v) is 2.21. The summed E-state index contributed by atoms with van der Waals surface area (Å²) in [5.41, 5.74) is 0.855. The third-order valence-corrected chi connectivity index (χ3v) is 3.93. The lowest BCUT2D eigenvalue weighted by molar-refractivity contribution is 0.192. The second kappa shape index (κ2) is 7.44. The average Bonchev–Trinajstić information content (AvgIpc) is 2.38. The predicted octanol–water partition coefficient (Wildman–Crippen LogP) is -0.0230. The fourth-order valence-electron chi connectivity index (χ4n) is 1.48. The Labute approximate surface area is 114 Å². The second-order valence-corrected chi connectivity index (χ2v) is 6.10. The molecule has 0 bridgehead atoms. The molecule has 0 aromatic heterocycles. The van der Waals surface area contributed by atoms with Crippen LogP contribution in [0.15, 0.2) is 29.2 Å². The molecule has 0 saturated carbocycles. The lowest BCUT2D eigenvalue weighted by Gasteiger charge is -2.09. The molecule has 0 aliphatic carbocycles. The molecule has 1 atom stereocenters. The van der Waals surface area contributed by atoms with E-state index >= 15 is 0 Å². The molecule has 0 spiro atoms. The average molecular weight is 287 g/mol. The van der Waals surface area contributed by atoms with Gasteiger partial charge in [-0.1, -0.05) is 0 Å². The van der Waals surface area contributed by atoms with Gasteiger partial charge in [-0.25, -0.2) is 13.1 Å². The summed E-state index contributed by atoms with van der Waals surface area (Å²) in [6.45, 7) is 3.70. The van der Waals surface area contributed by atoms with E-state index < -0.39 is 10.0 Å². The van der Waals surface area contributed by atoms with Crippen molar-refractivity contribution >= 4 is 15.7 Å². The molecular weight excluding hydrogens is 266 g/mol. The molecular formula is C12H21N3O3S. The lowest BCUT2D eigenvalue weighted by Crippen LogP contribution is -2.28. The first-order valence-electron chi connectivity index (χ1n) is 6.12. The van der Waals surface area contributed by atoms with Crippen molar-refractivity contribution in [2.75, 3.05) is 32.0 Å². The lowest BCUT2D eigenvalue weighted by atomic mass is 10.3. The van der Waals surface area contributed by atoms with Gasteiger partial charge in [0, 0.05) is 25.3 Å². The second-order valence-electron chi connectivity index (χ2n) is 4.21. The van der Waals surface area contributed by atoms with Crippen molar-refractivity contribution in [2.24, 2.45) is 0 Å². The molecule has 1 rings (SSSR count). The highest BCUT2D eigenvalue weighted by Crippen LogP contribution is 2.13. The Morgan fingerprint density at radius 3 is 2.37 bits per heavy atom. The van der Waals surface area contributed by atoms with Gasteiger partial charge in [0.25, 0.3) is 0 Å². The van der Waals surface area contributed by atoms with Crippen LogP contribution in [0.25, 0.3) is 0 Å². The summed E-state index contributed by atoms with van der Waals surface area (Å²) in [6.07, 6.45) is -0.356. The summed E-state index contributed by atoms with van der Waals surface area (Å²) in [5, 5.41) is 15.3. The maximum absolute atomic E-state index is 11.5. The molecule has 0 saturated heterocycles. The van der Waals surface area contributed by atoms with E-state index in [1.165, 1.54) is 7.05 Å². The van der Waals surface area contributed by atoms with Crippen LogP contribution in [0.4, 0.5) is 5.69 Å². The van der Waals surface area contributed by atoms with Gasteiger partial charge in [0.2, 0.25) is 10.0 Å². The van der Waals surface area contributed by atoms with Gasteiger partial charge < -0.3 is 15.7 Å². The number of aliphatic hydroxyl groups is 1. The maximum Gasteiger partial charge on any atom is 0.240 e. The van der Waals surface area contributed by atoms with Crippen molar-refractivity contribution in [3.8, 4) is 0 Å². The molecule has 0 aliphatic rings. The van der Waals surface area contributed by atoms with Crippen LogP contribution in [-0.4, -0.2) is 46.3 Å². The van der Waals surface area contributed by atoms with E-state index in [4.69, 9.17) is 5.11 Å². The van der Waals surface area contributed by atoms with Gasteiger partial charge in [-0.15, -0.1) is 0 Å². The highest BCUT2D eigenvalue weighted by molar-refractivity contribution is 7.89. The number of nitrogens with one attached hydrogen (secondary N) is 3. The maximum atomic E-state index is 11.5. The molecule has 7 heteroatoms. The summed E-state index contributed by atoms with van der Waals surface area (Å²) in [7, 11) is -1.99. The highest BCUT2D eigenvalue weighted by Gasteiger charge is 2.09. The number of hydrogen-bond donors (Lipinski definition) is 4. The Bertz CT molecular complexity index is 471. The molecule has 0 amide bonds. The minimum absolute atomic E-state index is 0.243. The van der Waals surface area contributed by atoms with Crippen LogP contribution < -0.4 is 15.4 Å². The number of benzene rings is 1. The third-order valence-electron chi connectivity index (χ3n) is 2.50. The normalized spacial score (nSPS) is 13.2. The molecule has 0 radical (unpaired) electrons. The van der Waals surface area contributed by atoms with Gasteiger partial charge in [-0.3, -0.25) is 0 Å². The van der Waals surface area contributed by atoms with Crippen LogP contribution in [-0.2, 0) is 10.0 Å². The van der Waals surface area contributed by atoms with Gasteiger partial charge in [0.05, 0.1) is 11.0 Å². The van der Waals surface area contributed by atoms with Crippen LogP contribution in [0.5, 0.6) is 0 Å². The topological polar surface area (TPSA) is 90.5 Å². The summed E-state index contributed by atoms with van der Waals surface area (Å²) < 4.78 is 25.3. The van der Waals surface area contributed by atoms with Crippen molar-refractivity contribution in [1.82, 2.24) is 10.0 Å². The Morgan fingerprint density at radius 1 is 1.21 bits per heavy atom. The number of sulfonamides is 1. The molecule has 6 nitrogen and oxygen atoms in total. The summed E-state index contributed by atoms with van der Waals surface area (Å²) >= 11 is 0. The highest BCUT2D eigenvalue weighted by atomic mass is 32.2. The number of hydrogen-bond acceptors (Lipinski definition) is 5. The molecule has 1 aromatic rings. The molecule has 1 aromatic carbocycles. The smallest absolute Gasteiger partial charge is 0.240 e. The number of aliphatic hydroxyl groups excluding tert-OH is 1. The molecule has 0 fully saturated rings. The van der Waals surface area contributed by atoms with Gasteiger partial charge in [-0.05, 0) is 38.2 Å². The van der Waals surface area contributed by atoms with Crippen molar-refractivity contribution in [3.05, 3.63) is 24.3 Å². The van der Waals surface area contributed by atoms with E-state index in [9.17, 15) is 8.42 Å². The number of anilines is 1. The first-order chi connectivity index (χ1) is 8.95. The van der Waals surface area contributed by atoms with Crippen molar-refractivity contribution in [3.63, 3.8) is 0 Å². The first-order valence-corrected chi connectivity index (χ1v) is 7.60. The van der Waals surface area contributed by atoms with E-state index in [-0.39, 0.29) is 11.0 Å². The largest absolute Gasteiger partial charge is 0.392 e. The van der Waals surface area contributed by atoms with Crippen molar-refractivity contribution in [1.29, 1.82) is 0 Å². The van der Waals surface area contributed by atoms with Crippen LogP contribution in [0, 0.1) is 0 Å². The van der Waals surface area contributed by atoms with Gasteiger partial charge in [0.15, 0.2) is 0 Å². The quantitative estimate of drug-likeness (QED) is 0.504. The van der Waals surface area contributed by atoms with Crippen LogP contribution in [0.1, 0.15) is 6.92 Å². The monoisotopic (exact) mass is 287 g/mol. The first kappa shape index (κ1) is 15.9. The zero-order valence-corrected chi connectivity index (χ0v) is 12.0. The standard InChI is InChI=1S/C12H21N3O3S/c1-10(16)9-14-7-8-15-11-3-5-12(6-4-11)19(17,18)13-2/h3-6,10,13-16H,7-9H2,1-2H3. The molecule has 19 heavy (non-hydrogen) atoms. The summed E-state index contributed by atoms with van der Waals surface area (Å²) in [5.74, 6) is 0. The van der Waals surface area contributed by atoms with Gasteiger partial charge in [-0.2, -0.15) is 0 Å². The third kappa shape index (κ3) is 5.56. The van der Waals surface area contributed by atoms with E-state index in [0.29, 0.717) is 13.1 Å². The fraction of sp³-hybridized carbons (Fsp3) is 0.500. The summed E-state index contributed by atoms with van der Waals surface area (Å²) in [4.78, 5) is 0.243. The Hall–Kier alpha value is -1.15. The van der Waals surface area contributed by atoms with E-state index in [1.54, 1.807) is 31.2 Å². The van der Waals surface area contributed by atoms with Crippen LogP contribution in [0.2, 0.25) is 0 Å². The van der Waals surface area contributed by atoms with E-state index in [2.05, 4.69) is 15.4 Å². The molecule has 0 heterocycles. The minimum atomic E-state index is -3.37. The zero-order chi connectivity index (χ0) is 14.3. The van der Waals surface area contributed by atoms with Crippen LogP contribution >= 0.6 is 0 Å².